The van der Waals surface area contributed by atoms with E-state index in [1.807, 2.05) is 46.1 Å². The second kappa shape index (κ2) is 7.21. The smallest absolute Gasteiger partial charge is 0.222 e. The molecule has 0 fully saturated rings. The highest BCUT2D eigenvalue weighted by Gasteiger charge is 2.18. The molecule has 0 N–H and O–H groups in total. The third-order valence-corrected chi connectivity index (χ3v) is 3.81. The molecule has 1 aromatic carbocycles. The second-order valence-corrected chi connectivity index (χ2v) is 6.06. The van der Waals surface area contributed by atoms with Gasteiger partial charge >= 0.3 is 0 Å². The lowest BCUT2D eigenvalue weighted by atomic mass is 9.88. The van der Waals surface area contributed by atoms with Gasteiger partial charge in [-0.3, -0.25) is 9.78 Å². The molecule has 1 heterocycles. The van der Waals surface area contributed by atoms with Gasteiger partial charge in [0.2, 0.25) is 5.91 Å². The van der Waals surface area contributed by atoms with Crippen molar-refractivity contribution in [3.63, 3.8) is 0 Å². The average Bonchev–Trinajstić information content (AvgIpc) is 2.46. The lowest BCUT2D eigenvalue weighted by Crippen LogP contribution is -2.24. The number of benzene rings is 1. The number of hydrogen-bond donors (Lipinski definition) is 0. The van der Waals surface area contributed by atoms with Crippen molar-refractivity contribution in [3.05, 3.63) is 65.0 Å². The van der Waals surface area contributed by atoms with Crippen LogP contribution >= 0.6 is 0 Å². The normalized spacial score (nSPS) is 12.0. The van der Waals surface area contributed by atoms with Crippen molar-refractivity contribution in [2.24, 2.45) is 0 Å². The topological polar surface area (TPSA) is 33.2 Å². The summed E-state index contributed by atoms with van der Waals surface area (Å²) in [5, 5.41) is 0. The first-order valence-electron chi connectivity index (χ1n) is 7.65. The average molecular weight is 296 g/mol. The Morgan fingerprint density at radius 2 is 1.68 bits per heavy atom. The maximum atomic E-state index is 12.2. The van der Waals surface area contributed by atoms with Gasteiger partial charge < -0.3 is 4.90 Å². The molecular formula is C19H24N2O. The van der Waals surface area contributed by atoms with Gasteiger partial charge in [0.05, 0.1) is 0 Å². The summed E-state index contributed by atoms with van der Waals surface area (Å²) < 4.78 is 0. The molecule has 2 rings (SSSR count). The lowest BCUT2D eigenvalue weighted by Gasteiger charge is -2.20. The number of pyridine rings is 1. The summed E-state index contributed by atoms with van der Waals surface area (Å²) in [6, 6.07) is 14.5. The van der Waals surface area contributed by atoms with Gasteiger partial charge in [0.25, 0.3) is 0 Å². The largest absolute Gasteiger partial charge is 0.349 e. The molecule has 0 saturated carbocycles. The Kier molecular flexibility index (Phi) is 5.31. The summed E-state index contributed by atoms with van der Waals surface area (Å²) in [6.07, 6.45) is 1.38. The van der Waals surface area contributed by atoms with E-state index in [4.69, 9.17) is 0 Å². The molecule has 2 aromatic rings. The second-order valence-electron chi connectivity index (χ2n) is 6.06. The Bertz CT molecular complexity index is 615. The monoisotopic (exact) mass is 296 g/mol. The summed E-state index contributed by atoms with van der Waals surface area (Å²) in [6.45, 7) is 4.03. The number of carbonyl (C=O) groups is 1. The molecule has 0 saturated heterocycles. The molecule has 1 atom stereocenters. The predicted molar refractivity (Wildman–Crippen MR) is 89.9 cm³/mol. The van der Waals surface area contributed by atoms with Crippen molar-refractivity contribution in [1.29, 1.82) is 0 Å². The fourth-order valence-electron chi connectivity index (χ4n) is 2.75. The van der Waals surface area contributed by atoms with Crippen LogP contribution in [-0.4, -0.2) is 29.9 Å². The van der Waals surface area contributed by atoms with Crippen LogP contribution in [0.2, 0.25) is 0 Å². The van der Waals surface area contributed by atoms with Crippen molar-refractivity contribution in [1.82, 2.24) is 9.88 Å². The minimum Gasteiger partial charge on any atom is -0.349 e. The fraction of sp³-hybridized carbons (Fsp3) is 0.368. The van der Waals surface area contributed by atoms with Crippen LogP contribution in [-0.2, 0) is 11.2 Å². The van der Waals surface area contributed by atoms with Gasteiger partial charge in [-0.25, -0.2) is 0 Å². The Labute approximate surface area is 133 Å². The molecule has 1 aromatic heterocycles. The van der Waals surface area contributed by atoms with Crippen molar-refractivity contribution in [2.75, 3.05) is 14.1 Å². The molecule has 116 valence electrons. The van der Waals surface area contributed by atoms with Crippen LogP contribution in [0.5, 0.6) is 0 Å². The number of carbonyl (C=O) groups excluding carboxylic acids is 1. The van der Waals surface area contributed by atoms with E-state index in [1.54, 1.807) is 4.90 Å². The van der Waals surface area contributed by atoms with E-state index in [0.717, 1.165) is 17.8 Å². The highest BCUT2D eigenvalue weighted by molar-refractivity contribution is 5.76. The summed E-state index contributed by atoms with van der Waals surface area (Å²) in [4.78, 5) is 18.3. The third kappa shape index (κ3) is 4.42. The fourth-order valence-corrected chi connectivity index (χ4v) is 2.75. The summed E-state index contributed by atoms with van der Waals surface area (Å²) >= 11 is 0. The van der Waals surface area contributed by atoms with Gasteiger partial charge in [-0.15, -0.1) is 0 Å². The van der Waals surface area contributed by atoms with Crippen LogP contribution in [0.4, 0.5) is 0 Å². The number of rotatable bonds is 5. The zero-order valence-corrected chi connectivity index (χ0v) is 13.8. The van der Waals surface area contributed by atoms with E-state index in [1.165, 1.54) is 11.1 Å². The maximum absolute atomic E-state index is 12.2. The molecule has 1 amide bonds. The standard InChI is InChI=1S/C19H24N2O/c1-14-10-16(11-15(2)20-14)12-18(13-19(22)21(3)4)17-8-6-5-7-9-17/h5-11,18H,12-13H2,1-4H3. The van der Waals surface area contributed by atoms with Crippen molar-refractivity contribution in [3.8, 4) is 0 Å². The number of aromatic nitrogens is 1. The predicted octanol–water partition coefficient (Wildman–Crippen LogP) is 3.50. The number of aryl methyl sites for hydroxylation is 2. The highest BCUT2D eigenvalue weighted by Crippen LogP contribution is 2.25. The van der Waals surface area contributed by atoms with Gasteiger partial charge in [0.1, 0.15) is 0 Å². The van der Waals surface area contributed by atoms with Crippen molar-refractivity contribution in [2.45, 2.75) is 32.6 Å². The van der Waals surface area contributed by atoms with E-state index >= 15 is 0 Å². The highest BCUT2D eigenvalue weighted by atomic mass is 16.2. The Morgan fingerprint density at radius 1 is 1.09 bits per heavy atom. The van der Waals surface area contributed by atoms with Crippen LogP contribution in [0.1, 0.15) is 34.9 Å². The van der Waals surface area contributed by atoms with E-state index in [-0.39, 0.29) is 11.8 Å². The van der Waals surface area contributed by atoms with E-state index in [9.17, 15) is 4.79 Å². The number of hydrogen-bond acceptors (Lipinski definition) is 2. The number of nitrogens with zero attached hydrogens (tertiary/aromatic N) is 2. The van der Waals surface area contributed by atoms with Gasteiger partial charge in [-0.2, -0.15) is 0 Å². The quantitative estimate of drug-likeness (QED) is 0.846. The van der Waals surface area contributed by atoms with Crippen LogP contribution in [0, 0.1) is 13.8 Å². The van der Waals surface area contributed by atoms with Crippen LogP contribution in [0.15, 0.2) is 42.5 Å². The zero-order valence-electron chi connectivity index (χ0n) is 13.8. The van der Waals surface area contributed by atoms with Gasteiger partial charge in [0, 0.05) is 31.9 Å². The first-order chi connectivity index (χ1) is 10.5. The van der Waals surface area contributed by atoms with Gasteiger partial charge in [-0.05, 0) is 49.4 Å². The van der Waals surface area contributed by atoms with Gasteiger partial charge in [0.15, 0.2) is 0 Å². The SMILES string of the molecule is Cc1cc(CC(CC(=O)N(C)C)c2ccccc2)cc(C)n1. The Balaban J connectivity index is 2.26. The Hall–Kier alpha value is -2.16. The first-order valence-corrected chi connectivity index (χ1v) is 7.65. The molecule has 1 unspecified atom stereocenters. The van der Waals surface area contributed by atoms with Gasteiger partial charge in [-0.1, -0.05) is 30.3 Å². The molecule has 22 heavy (non-hydrogen) atoms. The van der Waals surface area contributed by atoms with Crippen molar-refractivity contribution < 1.29 is 4.79 Å². The molecule has 0 spiro atoms. The minimum atomic E-state index is 0.163. The Morgan fingerprint density at radius 3 is 2.23 bits per heavy atom. The molecule has 0 radical (unpaired) electrons. The molecule has 0 bridgehead atoms. The van der Waals surface area contributed by atoms with E-state index in [2.05, 4.69) is 29.2 Å². The summed E-state index contributed by atoms with van der Waals surface area (Å²) in [5.41, 5.74) is 4.51. The van der Waals surface area contributed by atoms with E-state index in [0.29, 0.717) is 6.42 Å². The molecular weight excluding hydrogens is 272 g/mol. The zero-order chi connectivity index (χ0) is 16.1. The number of amides is 1. The van der Waals surface area contributed by atoms with E-state index < -0.39 is 0 Å². The molecule has 0 aliphatic heterocycles. The van der Waals surface area contributed by atoms with Crippen LogP contribution < -0.4 is 0 Å². The first kappa shape index (κ1) is 16.2. The molecule has 0 aliphatic rings. The summed E-state index contributed by atoms with van der Waals surface area (Å²) in [5.74, 6) is 0.355. The van der Waals surface area contributed by atoms with Crippen LogP contribution in [0.25, 0.3) is 0 Å². The van der Waals surface area contributed by atoms with Crippen molar-refractivity contribution >= 4 is 5.91 Å². The molecule has 0 aliphatic carbocycles. The molecule has 3 nitrogen and oxygen atoms in total. The molecule has 3 heteroatoms. The maximum Gasteiger partial charge on any atom is 0.222 e. The minimum absolute atomic E-state index is 0.163. The summed E-state index contributed by atoms with van der Waals surface area (Å²) in [7, 11) is 3.62. The lowest BCUT2D eigenvalue weighted by molar-refractivity contribution is -0.129. The third-order valence-electron chi connectivity index (χ3n) is 3.81. The van der Waals surface area contributed by atoms with Crippen LogP contribution in [0.3, 0.4) is 0 Å².